The molecule has 2 saturated heterocycles. The molecule has 2 heterocycles. The van der Waals surface area contributed by atoms with Crippen LogP contribution in [-0.4, -0.2) is 28.6 Å². The predicted octanol–water partition coefficient (Wildman–Crippen LogP) is 2.53. The third-order valence-corrected chi connectivity index (χ3v) is 5.62. The summed E-state index contributed by atoms with van der Waals surface area (Å²) in [4.78, 5) is 13.0. The lowest BCUT2D eigenvalue weighted by Crippen LogP contribution is -2.56. The van der Waals surface area contributed by atoms with Crippen molar-refractivity contribution in [1.29, 1.82) is 0 Å². The van der Waals surface area contributed by atoms with Gasteiger partial charge in [0.2, 0.25) is 0 Å². The van der Waals surface area contributed by atoms with Crippen molar-refractivity contribution >= 4 is 5.78 Å². The Hall–Kier alpha value is -1.26. The molecule has 4 atom stereocenters. The molecule has 2 aliphatic heterocycles. The average molecular weight is 303 g/mol. The molecule has 1 aliphatic carbocycles. The Morgan fingerprint density at radius 3 is 2.82 bits per heavy atom. The third kappa shape index (κ3) is 2.29. The number of nitrogens with one attached hydrogen (secondary N) is 1. The molecule has 4 unspecified atom stereocenters. The SMILES string of the molecule is O=C(C1CC1)C(c1ccccc1F)C12CCC(CC(O)C1)N2. The van der Waals surface area contributed by atoms with E-state index in [0.717, 1.165) is 32.1 Å². The maximum absolute atomic E-state index is 14.4. The van der Waals surface area contributed by atoms with Gasteiger partial charge in [-0.3, -0.25) is 4.79 Å². The van der Waals surface area contributed by atoms with Gasteiger partial charge in [0.1, 0.15) is 11.6 Å². The lowest BCUT2D eigenvalue weighted by Gasteiger charge is -2.43. The second-order valence-corrected chi connectivity index (χ2v) is 7.26. The Balaban J connectivity index is 1.77. The van der Waals surface area contributed by atoms with Crippen LogP contribution in [-0.2, 0) is 4.79 Å². The fourth-order valence-electron chi connectivity index (χ4n) is 4.53. The molecule has 2 bridgehead atoms. The lowest BCUT2D eigenvalue weighted by molar-refractivity contribution is -0.124. The average Bonchev–Trinajstić information content (AvgIpc) is 3.27. The molecule has 0 spiro atoms. The molecule has 2 N–H and O–H groups in total. The number of piperidine rings is 1. The van der Waals surface area contributed by atoms with Crippen LogP contribution in [0.5, 0.6) is 0 Å². The topological polar surface area (TPSA) is 49.3 Å². The summed E-state index contributed by atoms with van der Waals surface area (Å²) in [5.41, 5.74) is 0.0335. The standard InChI is InChI=1S/C18H22FNO2/c19-15-4-2-1-3-14(15)16(17(22)11-5-6-11)18-8-7-12(20-18)9-13(21)10-18/h1-4,11-13,16,20-21H,5-10H2. The number of halogens is 1. The molecular formula is C18H22FNO2. The summed E-state index contributed by atoms with van der Waals surface area (Å²) < 4.78 is 14.4. The van der Waals surface area contributed by atoms with Crippen LogP contribution in [0.4, 0.5) is 4.39 Å². The Bertz CT molecular complexity index is 601. The van der Waals surface area contributed by atoms with Gasteiger partial charge in [0.25, 0.3) is 0 Å². The molecule has 0 aromatic heterocycles. The van der Waals surface area contributed by atoms with E-state index >= 15 is 0 Å². The number of rotatable bonds is 4. The number of Topliss-reactive ketones (excluding diaryl/α,β-unsaturated/α-hetero) is 1. The Morgan fingerprint density at radius 1 is 1.32 bits per heavy atom. The van der Waals surface area contributed by atoms with E-state index in [1.807, 2.05) is 0 Å². The van der Waals surface area contributed by atoms with E-state index < -0.39 is 17.6 Å². The number of hydrogen-bond donors (Lipinski definition) is 2. The monoisotopic (exact) mass is 303 g/mol. The molecular weight excluding hydrogens is 281 g/mol. The minimum Gasteiger partial charge on any atom is -0.393 e. The predicted molar refractivity (Wildman–Crippen MR) is 81.0 cm³/mol. The molecule has 4 rings (SSSR count). The highest BCUT2D eigenvalue weighted by molar-refractivity contribution is 5.91. The van der Waals surface area contributed by atoms with E-state index in [0.29, 0.717) is 12.0 Å². The minimum atomic E-state index is -0.471. The van der Waals surface area contributed by atoms with Gasteiger partial charge in [0.05, 0.1) is 12.0 Å². The van der Waals surface area contributed by atoms with Gasteiger partial charge in [-0.05, 0) is 44.6 Å². The lowest BCUT2D eigenvalue weighted by atomic mass is 9.71. The van der Waals surface area contributed by atoms with Crippen molar-refractivity contribution in [3.05, 3.63) is 35.6 Å². The van der Waals surface area contributed by atoms with Crippen LogP contribution in [0.25, 0.3) is 0 Å². The number of carbonyl (C=O) groups is 1. The van der Waals surface area contributed by atoms with Crippen LogP contribution in [0.1, 0.15) is 50.0 Å². The second kappa shape index (κ2) is 5.14. The number of hydrogen-bond acceptors (Lipinski definition) is 3. The third-order valence-electron chi connectivity index (χ3n) is 5.62. The van der Waals surface area contributed by atoms with Crippen LogP contribution >= 0.6 is 0 Å². The van der Waals surface area contributed by atoms with Gasteiger partial charge >= 0.3 is 0 Å². The van der Waals surface area contributed by atoms with Crippen molar-refractivity contribution in [2.75, 3.05) is 0 Å². The van der Waals surface area contributed by atoms with Gasteiger partial charge in [0.15, 0.2) is 0 Å². The molecule has 3 nitrogen and oxygen atoms in total. The van der Waals surface area contributed by atoms with Crippen LogP contribution in [0.3, 0.4) is 0 Å². The quantitative estimate of drug-likeness (QED) is 0.898. The molecule has 3 fully saturated rings. The van der Waals surface area contributed by atoms with Crippen molar-refractivity contribution in [2.45, 2.75) is 62.1 Å². The number of aliphatic hydroxyl groups is 1. The van der Waals surface area contributed by atoms with Crippen LogP contribution in [0.2, 0.25) is 0 Å². The minimum absolute atomic E-state index is 0.0823. The van der Waals surface area contributed by atoms with Crippen LogP contribution in [0.15, 0.2) is 24.3 Å². The van der Waals surface area contributed by atoms with E-state index in [2.05, 4.69) is 5.32 Å². The summed E-state index contributed by atoms with van der Waals surface area (Å²) in [6.45, 7) is 0. The number of ketones is 1. The zero-order valence-electron chi connectivity index (χ0n) is 12.6. The maximum atomic E-state index is 14.4. The van der Waals surface area contributed by atoms with Crippen LogP contribution in [0, 0.1) is 11.7 Å². The van der Waals surface area contributed by atoms with E-state index in [4.69, 9.17) is 0 Å². The summed E-state index contributed by atoms with van der Waals surface area (Å²) in [5, 5.41) is 13.8. The first-order valence-electron chi connectivity index (χ1n) is 8.33. The van der Waals surface area contributed by atoms with E-state index in [1.54, 1.807) is 18.2 Å². The van der Waals surface area contributed by atoms with Crippen LogP contribution < -0.4 is 5.32 Å². The van der Waals surface area contributed by atoms with E-state index in [9.17, 15) is 14.3 Å². The van der Waals surface area contributed by atoms with Gasteiger partial charge < -0.3 is 10.4 Å². The number of carbonyl (C=O) groups excluding carboxylic acids is 1. The molecule has 1 saturated carbocycles. The fourth-order valence-corrected chi connectivity index (χ4v) is 4.53. The molecule has 1 aromatic carbocycles. The van der Waals surface area contributed by atoms with Gasteiger partial charge in [-0.25, -0.2) is 4.39 Å². The number of benzene rings is 1. The summed E-state index contributed by atoms with van der Waals surface area (Å²) in [6.07, 6.45) is 4.53. The Labute approximate surface area is 129 Å². The molecule has 0 radical (unpaired) electrons. The smallest absolute Gasteiger partial charge is 0.145 e. The highest BCUT2D eigenvalue weighted by atomic mass is 19.1. The first-order valence-corrected chi connectivity index (χ1v) is 8.33. The zero-order valence-corrected chi connectivity index (χ0v) is 12.6. The molecule has 1 aromatic rings. The summed E-state index contributed by atoms with van der Waals surface area (Å²) in [7, 11) is 0. The van der Waals surface area contributed by atoms with E-state index in [-0.39, 0.29) is 23.6 Å². The highest BCUT2D eigenvalue weighted by Gasteiger charge is 2.54. The van der Waals surface area contributed by atoms with Crippen molar-refractivity contribution in [3.63, 3.8) is 0 Å². The van der Waals surface area contributed by atoms with Crippen molar-refractivity contribution < 1.29 is 14.3 Å². The summed E-state index contributed by atoms with van der Waals surface area (Å²) in [5.74, 6) is -0.534. The molecule has 3 aliphatic rings. The highest BCUT2D eigenvalue weighted by Crippen LogP contribution is 2.49. The second-order valence-electron chi connectivity index (χ2n) is 7.26. The normalized spacial score (nSPS) is 35.4. The van der Waals surface area contributed by atoms with Gasteiger partial charge in [-0.15, -0.1) is 0 Å². The summed E-state index contributed by atoms with van der Waals surface area (Å²) in [6, 6.07) is 6.89. The Kier molecular flexibility index (Phi) is 3.35. The molecule has 22 heavy (non-hydrogen) atoms. The number of aliphatic hydroxyl groups excluding tert-OH is 1. The largest absolute Gasteiger partial charge is 0.393 e. The molecule has 118 valence electrons. The van der Waals surface area contributed by atoms with Crippen molar-refractivity contribution in [3.8, 4) is 0 Å². The van der Waals surface area contributed by atoms with Gasteiger partial charge in [-0.2, -0.15) is 0 Å². The van der Waals surface area contributed by atoms with Gasteiger partial charge in [0, 0.05) is 23.1 Å². The zero-order chi connectivity index (χ0) is 15.3. The van der Waals surface area contributed by atoms with Gasteiger partial charge in [-0.1, -0.05) is 18.2 Å². The van der Waals surface area contributed by atoms with Crippen molar-refractivity contribution in [2.24, 2.45) is 5.92 Å². The fraction of sp³-hybridized carbons (Fsp3) is 0.611. The van der Waals surface area contributed by atoms with E-state index in [1.165, 1.54) is 6.07 Å². The van der Waals surface area contributed by atoms with Crippen molar-refractivity contribution in [1.82, 2.24) is 5.32 Å². The Morgan fingerprint density at radius 2 is 2.09 bits per heavy atom. The molecule has 0 amide bonds. The summed E-state index contributed by atoms with van der Waals surface area (Å²) >= 11 is 0. The molecule has 4 heteroatoms. The number of fused-ring (bicyclic) bond motifs is 2. The maximum Gasteiger partial charge on any atom is 0.145 e. The first-order chi connectivity index (χ1) is 10.6. The first kappa shape index (κ1) is 14.3.